The van der Waals surface area contributed by atoms with Crippen molar-refractivity contribution in [3.05, 3.63) is 17.8 Å². The van der Waals surface area contributed by atoms with E-state index in [0.717, 1.165) is 6.42 Å². The minimum atomic E-state index is -0.600. The Labute approximate surface area is 100 Å². The van der Waals surface area contributed by atoms with Crippen molar-refractivity contribution < 1.29 is 9.90 Å². The van der Waals surface area contributed by atoms with Crippen LogP contribution in [0.1, 0.15) is 30.1 Å². The zero-order valence-electron chi connectivity index (χ0n) is 9.81. The number of carbonyl (C=O) groups is 1. The molecule has 0 fully saturated rings. The van der Waals surface area contributed by atoms with Crippen molar-refractivity contribution >= 4 is 17.4 Å². The fourth-order valence-corrected chi connectivity index (χ4v) is 1.46. The Morgan fingerprint density at radius 2 is 2.35 bits per heavy atom. The number of amides is 1. The summed E-state index contributed by atoms with van der Waals surface area (Å²) in [5, 5.41) is 12.5. The van der Waals surface area contributed by atoms with Gasteiger partial charge in [0, 0.05) is 6.54 Å². The van der Waals surface area contributed by atoms with E-state index in [-0.39, 0.29) is 5.56 Å². The summed E-state index contributed by atoms with van der Waals surface area (Å²) in [4.78, 5) is 15.2. The molecule has 6 N–H and O–H groups in total. The lowest BCUT2D eigenvalue weighted by Crippen LogP contribution is -2.22. The van der Waals surface area contributed by atoms with Crippen molar-refractivity contribution in [1.82, 2.24) is 4.98 Å². The molecular formula is C11H18N4O2. The molecule has 0 saturated carbocycles. The number of carbonyl (C=O) groups excluding carboxylic acids is 1. The van der Waals surface area contributed by atoms with Gasteiger partial charge in [-0.05, 0) is 12.5 Å². The van der Waals surface area contributed by atoms with Gasteiger partial charge in [-0.1, -0.05) is 13.3 Å². The quantitative estimate of drug-likeness (QED) is 0.570. The number of aliphatic hydroxyl groups excluding tert-OH is 1. The molecular weight excluding hydrogens is 220 g/mol. The second-order valence-electron chi connectivity index (χ2n) is 3.85. The van der Waals surface area contributed by atoms with Crippen LogP contribution in [0.25, 0.3) is 0 Å². The Kier molecular flexibility index (Phi) is 4.71. The number of nitrogens with one attached hydrogen (secondary N) is 1. The summed E-state index contributed by atoms with van der Waals surface area (Å²) in [6.07, 6.45) is 2.54. The van der Waals surface area contributed by atoms with Gasteiger partial charge in [-0.15, -0.1) is 0 Å². The molecule has 6 heteroatoms. The number of primary amides is 1. The molecule has 1 aromatic heterocycles. The summed E-state index contributed by atoms with van der Waals surface area (Å²) >= 11 is 0. The molecule has 1 amide bonds. The number of aliphatic hydroxyl groups is 1. The smallest absolute Gasteiger partial charge is 0.252 e. The number of anilines is 2. The van der Waals surface area contributed by atoms with Gasteiger partial charge in [-0.3, -0.25) is 4.79 Å². The van der Waals surface area contributed by atoms with Gasteiger partial charge in [0.1, 0.15) is 5.82 Å². The van der Waals surface area contributed by atoms with Crippen molar-refractivity contribution in [2.24, 2.45) is 5.73 Å². The normalized spacial score (nSPS) is 12.1. The van der Waals surface area contributed by atoms with E-state index in [2.05, 4.69) is 10.3 Å². The van der Waals surface area contributed by atoms with Crippen LogP contribution in [-0.4, -0.2) is 28.6 Å². The molecule has 0 aromatic carbocycles. The maximum absolute atomic E-state index is 11.2. The molecule has 1 rings (SSSR count). The van der Waals surface area contributed by atoms with Crippen LogP contribution in [-0.2, 0) is 0 Å². The maximum atomic E-state index is 11.2. The van der Waals surface area contributed by atoms with E-state index in [1.165, 1.54) is 12.3 Å². The molecule has 1 atom stereocenters. The Bertz CT molecular complexity index is 395. The summed E-state index contributed by atoms with van der Waals surface area (Å²) < 4.78 is 0. The highest BCUT2D eigenvalue weighted by Crippen LogP contribution is 2.15. The number of hydrogen-bond acceptors (Lipinski definition) is 5. The lowest BCUT2D eigenvalue weighted by atomic mass is 10.2. The Hall–Kier alpha value is -1.82. The number of nitrogens with zero attached hydrogens (tertiary/aromatic N) is 1. The van der Waals surface area contributed by atoms with Gasteiger partial charge in [0.05, 0.1) is 23.6 Å². The van der Waals surface area contributed by atoms with Crippen LogP contribution in [0.2, 0.25) is 0 Å². The van der Waals surface area contributed by atoms with E-state index in [1.807, 2.05) is 6.92 Å². The predicted octanol–water partition coefficient (Wildman–Crippen LogP) is 0.336. The summed E-state index contributed by atoms with van der Waals surface area (Å²) in [6.45, 7) is 2.31. The molecule has 0 aliphatic rings. The van der Waals surface area contributed by atoms with E-state index < -0.39 is 12.0 Å². The minimum Gasteiger partial charge on any atom is -0.397 e. The van der Waals surface area contributed by atoms with Crippen LogP contribution in [0.15, 0.2) is 12.3 Å². The average Bonchev–Trinajstić information content (AvgIpc) is 2.27. The van der Waals surface area contributed by atoms with Crippen LogP contribution >= 0.6 is 0 Å². The van der Waals surface area contributed by atoms with E-state index in [0.29, 0.717) is 24.5 Å². The van der Waals surface area contributed by atoms with E-state index in [1.54, 1.807) is 0 Å². The highest BCUT2D eigenvalue weighted by Gasteiger charge is 2.11. The van der Waals surface area contributed by atoms with E-state index >= 15 is 0 Å². The summed E-state index contributed by atoms with van der Waals surface area (Å²) in [6, 6.07) is 1.46. The zero-order chi connectivity index (χ0) is 12.8. The number of nitrogen functional groups attached to an aromatic ring is 1. The van der Waals surface area contributed by atoms with Gasteiger partial charge in [-0.25, -0.2) is 4.98 Å². The lowest BCUT2D eigenvalue weighted by Gasteiger charge is -2.13. The average molecular weight is 238 g/mol. The Morgan fingerprint density at radius 1 is 1.65 bits per heavy atom. The van der Waals surface area contributed by atoms with Gasteiger partial charge >= 0.3 is 0 Å². The zero-order valence-corrected chi connectivity index (χ0v) is 9.81. The van der Waals surface area contributed by atoms with Gasteiger partial charge in [0.15, 0.2) is 0 Å². The molecule has 94 valence electrons. The number of hydrogen-bond donors (Lipinski definition) is 4. The molecule has 1 unspecified atom stereocenters. The fourth-order valence-electron chi connectivity index (χ4n) is 1.46. The third-order valence-electron chi connectivity index (χ3n) is 2.30. The first-order valence-corrected chi connectivity index (χ1v) is 5.51. The first-order chi connectivity index (χ1) is 8.04. The molecule has 0 spiro atoms. The van der Waals surface area contributed by atoms with Crippen LogP contribution in [0.5, 0.6) is 0 Å². The molecule has 17 heavy (non-hydrogen) atoms. The van der Waals surface area contributed by atoms with Crippen molar-refractivity contribution in [3.8, 4) is 0 Å². The molecule has 1 heterocycles. The first kappa shape index (κ1) is 13.2. The third kappa shape index (κ3) is 3.92. The van der Waals surface area contributed by atoms with Gasteiger partial charge in [0.25, 0.3) is 5.91 Å². The standard InChI is InChI=1S/C11H18N4O2/c1-2-3-8(16)6-15-11-9(10(13)17)4-7(12)5-14-11/h4-5,8,16H,2-3,6,12H2,1H3,(H2,13,17)(H,14,15). The highest BCUT2D eigenvalue weighted by molar-refractivity contribution is 5.98. The van der Waals surface area contributed by atoms with Crippen molar-refractivity contribution in [2.45, 2.75) is 25.9 Å². The Balaban J connectivity index is 2.73. The van der Waals surface area contributed by atoms with Gasteiger partial charge in [-0.2, -0.15) is 0 Å². The summed E-state index contributed by atoms with van der Waals surface area (Å²) in [5.74, 6) is -0.251. The largest absolute Gasteiger partial charge is 0.397 e. The predicted molar refractivity (Wildman–Crippen MR) is 66.6 cm³/mol. The van der Waals surface area contributed by atoms with Crippen LogP contribution < -0.4 is 16.8 Å². The van der Waals surface area contributed by atoms with Crippen LogP contribution in [0.3, 0.4) is 0 Å². The molecule has 0 bridgehead atoms. The molecule has 0 aliphatic heterocycles. The molecule has 0 aliphatic carbocycles. The number of pyridine rings is 1. The van der Waals surface area contributed by atoms with Gasteiger partial charge in [0.2, 0.25) is 0 Å². The fraction of sp³-hybridized carbons (Fsp3) is 0.455. The second-order valence-corrected chi connectivity index (χ2v) is 3.85. The molecule has 0 radical (unpaired) electrons. The Morgan fingerprint density at radius 3 is 2.94 bits per heavy atom. The van der Waals surface area contributed by atoms with Crippen molar-refractivity contribution in [3.63, 3.8) is 0 Å². The number of aromatic nitrogens is 1. The van der Waals surface area contributed by atoms with Crippen molar-refractivity contribution in [1.29, 1.82) is 0 Å². The van der Waals surface area contributed by atoms with E-state index in [4.69, 9.17) is 11.5 Å². The van der Waals surface area contributed by atoms with E-state index in [9.17, 15) is 9.90 Å². The molecule has 0 saturated heterocycles. The SMILES string of the molecule is CCCC(O)CNc1ncc(N)cc1C(N)=O. The van der Waals surface area contributed by atoms with Gasteiger partial charge < -0.3 is 21.9 Å². The minimum absolute atomic E-state index is 0.230. The summed E-state index contributed by atoms with van der Waals surface area (Å²) in [7, 11) is 0. The van der Waals surface area contributed by atoms with Crippen LogP contribution in [0.4, 0.5) is 11.5 Å². The first-order valence-electron chi connectivity index (χ1n) is 5.51. The maximum Gasteiger partial charge on any atom is 0.252 e. The third-order valence-corrected chi connectivity index (χ3v) is 2.30. The molecule has 1 aromatic rings. The topological polar surface area (TPSA) is 114 Å². The highest BCUT2D eigenvalue weighted by atomic mass is 16.3. The van der Waals surface area contributed by atoms with Crippen molar-refractivity contribution in [2.75, 3.05) is 17.6 Å². The monoisotopic (exact) mass is 238 g/mol. The summed E-state index contributed by atoms with van der Waals surface area (Å²) in [5.41, 5.74) is 11.3. The number of rotatable bonds is 6. The van der Waals surface area contributed by atoms with Crippen LogP contribution in [0, 0.1) is 0 Å². The lowest BCUT2D eigenvalue weighted by molar-refractivity contribution is 0.100. The second kappa shape index (κ2) is 6.05. The number of nitrogens with two attached hydrogens (primary N) is 2. The molecule has 6 nitrogen and oxygen atoms in total.